The van der Waals surface area contributed by atoms with Crippen molar-refractivity contribution in [3.8, 4) is 0 Å². The molecule has 1 N–H and O–H groups in total. The molecular weight excluding hydrogens is 516 g/mol. The first-order valence-corrected chi connectivity index (χ1v) is 15.3. The minimum absolute atomic E-state index is 0.208. The third-order valence-corrected chi connectivity index (χ3v) is 9.02. The zero-order valence-corrected chi connectivity index (χ0v) is 23.9. The van der Waals surface area contributed by atoms with Crippen LogP contribution in [-0.2, 0) is 27.4 Å². The fraction of sp³-hybridized carbons (Fsp3) is 0.545. The first-order chi connectivity index (χ1) is 20.1. The third-order valence-electron chi connectivity index (χ3n) is 9.02. The number of fused-ring (bicyclic) bond motifs is 2. The Morgan fingerprint density at radius 3 is 1.78 bits per heavy atom. The minimum atomic E-state index is -0.712. The molecule has 2 unspecified atom stereocenters. The van der Waals surface area contributed by atoms with Gasteiger partial charge in [-0.3, -0.25) is 24.6 Å². The molecule has 8 heteroatoms. The number of unbranched alkanes of at least 4 members (excludes halogenated alkanes) is 2. The zero-order chi connectivity index (χ0) is 28.0. The highest BCUT2D eigenvalue weighted by Gasteiger charge is 2.36. The molecule has 218 valence electrons. The number of rotatable bonds is 12. The molecule has 6 rings (SSSR count). The summed E-state index contributed by atoms with van der Waals surface area (Å²) in [6.07, 6.45) is 8.21. The Bertz CT molecular complexity index is 1180. The molecule has 2 aromatic rings. The lowest BCUT2D eigenvalue weighted by Gasteiger charge is -2.30. The number of aliphatic carboxylic acids is 1. The average molecular weight is 559 g/mol. The van der Waals surface area contributed by atoms with Gasteiger partial charge in [0.2, 0.25) is 0 Å². The van der Waals surface area contributed by atoms with Crippen molar-refractivity contribution in [1.82, 2.24) is 9.80 Å². The van der Waals surface area contributed by atoms with Crippen molar-refractivity contribution in [2.45, 2.75) is 57.0 Å². The van der Waals surface area contributed by atoms with E-state index in [1.807, 2.05) is 0 Å². The molecule has 4 heterocycles. The Morgan fingerprint density at radius 2 is 1.29 bits per heavy atom. The number of aliphatic imine (C=N–C) groups is 2. The second-order valence-electron chi connectivity index (χ2n) is 11.8. The van der Waals surface area contributed by atoms with E-state index in [1.165, 1.54) is 22.3 Å². The smallest absolute Gasteiger partial charge is 0.303 e. The molecular formula is C33H42N4O4. The molecule has 4 aliphatic heterocycles. The maximum absolute atomic E-state index is 11.1. The van der Waals surface area contributed by atoms with Crippen LogP contribution in [0.4, 0.5) is 11.4 Å². The van der Waals surface area contributed by atoms with Gasteiger partial charge in [-0.25, -0.2) is 0 Å². The summed E-state index contributed by atoms with van der Waals surface area (Å²) in [5, 5.41) is 9.12. The van der Waals surface area contributed by atoms with Gasteiger partial charge in [-0.15, -0.1) is 0 Å². The predicted molar refractivity (Wildman–Crippen MR) is 161 cm³/mol. The molecule has 0 radical (unpaired) electrons. The second kappa shape index (κ2) is 13.4. The van der Waals surface area contributed by atoms with E-state index in [0.29, 0.717) is 5.92 Å². The number of nitrogens with zero attached hydrogens (tertiary/aromatic N) is 4. The van der Waals surface area contributed by atoms with Crippen LogP contribution in [0.15, 0.2) is 46.4 Å². The van der Waals surface area contributed by atoms with Crippen molar-refractivity contribution in [3.05, 3.63) is 58.7 Å². The van der Waals surface area contributed by atoms with Gasteiger partial charge in [0.25, 0.3) is 0 Å². The fourth-order valence-electron chi connectivity index (χ4n) is 6.79. The topological polar surface area (TPSA) is 87.0 Å². The fourth-order valence-corrected chi connectivity index (χ4v) is 6.79. The van der Waals surface area contributed by atoms with Crippen molar-refractivity contribution in [2.75, 3.05) is 52.6 Å². The number of carbonyl (C=O) groups is 1. The van der Waals surface area contributed by atoms with Crippen molar-refractivity contribution in [3.63, 3.8) is 0 Å². The molecule has 2 fully saturated rings. The lowest BCUT2D eigenvalue weighted by Crippen LogP contribution is -2.35. The molecule has 0 bridgehead atoms. The molecule has 4 aliphatic rings. The van der Waals surface area contributed by atoms with E-state index in [1.54, 1.807) is 0 Å². The van der Waals surface area contributed by atoms with Gasteiger partial charge in [-0.1, -0.05) is 37.1 Å². The quantitative estimate of drug-likeness (QED) is 0.356. The number of morpholine rings is 2. The van der Waals surface area contributed by atoms with Gasteiger partial charge in [-0.05, 0) is 53.1 Å². The number of hydrogen-bond acceptors (Lipinski definition) is 7. The molecule has 0 aromatic heterocycles. The van der Waals surface area contributed by atoms with Crippen LogP contribution in [-0.4, -0.2) is 85.9 Å². The SMILES string of the molecule is O=C(O)CCCCCC(C1C=Nc2ccc(CN3CCOCC3)cc21)C1C=Nc2ccc(CN3CCOCC3)cc21. The Kier molecular flexibility index (Phi) is 9.21. The molecule has 41 heavy (non-hydrogen) atoms. The summed E-state index contributed by atoms with van der Waals surface area (Å²) >= 11 is 0. The molecule has 0 amide bonds. The van der Waals surface area contributed by atoms with Gasteiger partial charge in [0.15, 0.2) is 0 Å². The van der Waals surface area contributed by atoms with Crippen molar-refractivity contribution >= 4 is 29.8 Å². The normalized spacial score (nSPS) is 23.0. The van der Waals surface area contributed by atoms with Gasteiger partial charge in [0, 0.05) is 70.0 Å². The lowest BCUT2D eigenvalue weighted by atomic mass is 9.73. The zero-order valence-electron chi connectivity index (χ0n) is 23.9. The van der Waals surface area contributed by atoms with Crippen molar-refractivity contribution < 1.29 is 19.4 Å². The molecule has 0 spiro atoms. The van der Waals surface area contributed by atoms with Crippen molar-refractivity contribution in [2.24, 2.45) is 15.9 Å². The highest BCUT2D eigenvalue weighted by atomic mass is 16.5. The Labute approximate surface area is 243 Å². The van der Waals surface area contributed by atoms with Crippen LogP contribution < -0.4 is 0 Å². The van der Waals surface area contributed by atoms with E-state index in [4.69, 9.17) is 24.6 Å². The van der Waals surface area contributed by atoms with Gasteiger partial charge >= 0.3 is 5.97 Å². The maximum atomic E-state index is 11.1. The van der Waals surface area contributed by atoms with Crippen LogP contribution in [0.1, 0.15) is 66.2 Å². The number of carboxylic acids is 1. The van der Waals surface area contributed by atoms with Gasteiger partial charge in [0.1, 0.15) is 0 Å². The Hall–Kier alpha value is -2.91. The number of ether oxygens (including phenoxy) is 2. The molecule has 2 aromatic carbocycles. The standard InChI is InChI=1S/C33H42N4O4/c38-33(39)5-3-1-2-4-26(29-20-34-31-8-6-24(18-27(29)31)22-36-10-14-40-15-11-36)30-21-35-32-9-7-25(19-28(30)32)23-37-12-16-41-17-13-37/h6-9,18-21,26,29-30H,1-5,10-17,22-23H2,(H,38,39). The molecule has 2 saturated heterocycles. The average Bonchev–Trinajstić information content (AvgIpc) is 3.60. The molecule has 0 aliphatic carbocycles. The van der Waals surface area contributed by atoms with Crippen LogP contribution in [0.3, 0.4) is 0 Å². The first kappa shape index (κ1) is 28.2. The van der Waals surface area contributed by atoms with E-state index in [-0.39, 0.29) is 18.3 Å². The van der Waals surface area contributed by atoms with Crippen LogP contribution in [0.2, 0.25) is 0 Å². The summed E-state index contributed by atoms with van der Waals surface area (Å²) in [4.78, 5) is 25.8. The van der Waals surface area contributed by atoms with E-state index in [2.05, 4.69) is 58.6 Å². The largest absolute Gasteiger partial charge is 0.481 e. The molecule has 0 saturated carbocycles. The van der Waals surface area contributed by atoms with E-state index in [0.717, 1.165) is 103 Å². The van der Waals surface area contributed by atoms with Crippen LogP contribution in [0, 0.1) is 5.92 Å². The van der Waals surface area contributed by atoms with Gasteiger partial charge < -0.3 is 14.6 Å². The second-order valence-corrected chi connectivity index (χ2v) is 11.8. The number of hydrogen-bond donors (Lipinski definition) is 1. The first-order valence-electron chi connectivity index (χ1n) is 15.3. The van der Waals surface area contributed by atoms with Gasteiger partial charge in [-0.2, -0.15) is 0 Å². The van der Waals surface area contributed by atoms with E-state index < -0.39 is 5.97 Å². The summed E-state index contributed by atoms with van der Waals surface area (Å²) in [6.45, 7) is 8.95. The monoisotopic (exact) mass is 558 g/mol. The summed E-state index contributed by atoms with van der Waals surface area (Å²) in [5.74, 6) is 0.0155. The summed E-state index contributed by atoms with van der Waals surface area (Å²) in [7, 11) is 0. The highest BCUT2D eigenvalue weighted by molar-refractivity contribution is 5.85. The predicted octanol–water partition coefficient (Wildman–Crippen LogP) is 5.30. The summed E-state index contributed by atoms with van der Waals surface area (Å²) < 4.78 is 11.1. The minimum Gasteiger partial charge on any atom is -0.481 e. The van der Waals surface area contributed by atoms with Crippen LogP contribution in [0.5, 0.6) is 0 Å². The van der Waals surface area contributed by atoms with Crippen LogP contribution in [0.25, 0.3) is 0 Å². The van der Waals surface area contributed by atoms with E-state index in [9.17, 15) is 4.79 Å². The Morgan fingerprint density at radius 1 is 0.780 bits per heavy atom. The number of benzene rings is 2. The molecule has 2 atom stereocenters. The highest BCUT2D eigenvalue weighted by Crippen LogP contribution is 2.48. The van der Waals surface area contributed by atoms with E-state index >= 15 is 0 Å². The summed E-state index contributed by atoms with van der Waals surface area (Å²) in [6, 6.07) is 13.6. The number of carboxylic acid groups (broad SMARTS) is 1. The third kappa shape index (κ3) is 6.95. The van der Waals surface area contributed by atoms with Gasteiger partial charge in [0.05, 0.1) is 37.8 Å². The van der Waals surface area contributed by atoms with Crippen LogP contribution >= 0.6 is 0 Å². The van der Waals surface area contributed by atoms with Crippen molar-refractivity contribution in [1.29, 1.82) is 0 Å². The Balaban J connectivity index is 1.23. The molecule has 8 nitrogen and oxygen atoms in total. The summed E-state index contributed by atoms with van der Waals surface area (Å²) in [5.41, 5.74) is 7.44. The lowest BCUT2D eigenvalue weighted by molar-refractivity contribution is -0.137. The maximum Gasteiger partial charge on any atom is 0.303 e.